The summed E-state index contributed by atoms with van der Waals surface area (Å²) in [4.78, 5) is 26.1. The van der Waals surface area contributed by atoms with Crippen molar-refractivity contribution < 1.29 is 4.79 Å². The molecule has 7 heteroatoms. The molecule has 1 aromatic carbocycles. The second-order valence-electron chi connectivity index (χ2n) is 7.70. The lowest BCUT2D eigenvalue weighted by Gasteiger charge is -2.23. The quantitative estimate of drug-likeness (QED) is 0.723. The van der Waals surface area contributed by atoms with Gasteiger partial charge in [0.05, 0.1) is 11.4 Å². The number of carbonyl (C=O) groups is 1. The average molecular weight is 393 g/mol. The van der Waals surface area contributed by atoms with Gasteiger partial charge in [-0.2, -0.15) is 5.10 Å². The van der Waals surface area contributed by atoms with E-state index in [1.54, 1.807) is 4.68 Å². The number of amides is 1. The third-order valence-electron chi connectivity index (χ3n) is 5.84. The minimum atomic E-state index is -0.294. The van der Waals surface area contributed by atoms with Crippen LogP contribution in [-0.2, 0) is 18.4 Å². The number of aryl methyl sites for hydroxylation is 2. The van der Waals surface area contributed by atoms with Crippen LogP contribution in [0, 0.1) is 13.8 Å². The molecule has 0 saturated carbocycles. The van der Waals surface area contributed by atoms with E-state index >= 15 is 0 Å². The van der Waals surface area contributed by atoms with E-state index in [0.29, 0.717) is 5.56 Å². The van der Waals surface area contributed by atoms with E-state index in [1.807, 2.05) is 60.6 Å². The summed E-state index contributed by atoms with van der Waals surface area (Å²) in [6, 6.07) is 9.59. The smallest absolute Gasteiger partial charge is 0.275 e. The molecule has 0 aliphatic carbocycles. The highest BCUT2D eigenvalue weighted by Gasteiger charge is 2.36. The first kappa shape index (κ1) is 19.2. The second kappa shape index (κ2) is 7.39. The fraction of sp³-hybridized carbons (Fsp3) is 0.409. The van der Waals surface area contributed by atoms with Gasteiger partial charge in [-0.25, -0.2) is 9.36 Å². The van der Waals surface area contributed by atoms with E-state index in [-0.39, 0.29) is 23.8 Å². The van der Waals surface area contributed by atoms with Crippen LogP contribution in [0.1, 0.15) is 54.6 Å². The first-order chi connectivity index (χ1) is 13.9. The van der Waals surface area contributed by atoms with Crippen LogP contribution >= 0.6 is 0 Å². The van der Waals surface area contributed by atoms with Gasteiger partial charge in [-0.05, 0) is 32.4 Å². The Morgan fingerprint density at radius 3 is 2.55 bits per heavy atom. The molecule has 1 aliphatic heterocycles. The lowest BCUT2D eigenvalue weighted by molar-refractivity contribution is -0.116. The molecule has 3 heterocycles. The van der Waals surface area contributed by atoms with Gasteiger partial charge in [0.15, 0.2) is 0 Å². The molecule has 7 nitrogen and oxygen atoms in total. The van der Waals surface area contributed by atoms with Crippen molar-refractivity contribution in [3.05, 3.63) is 63.2 Å². The molecule has 3 aromatic rings. The number of fused-ring (bicyclic) bond motifs is 1. The van der Waals surface area contributed by atoms with Crippen LogP contribution in [0.4, 0.5) is 5.82 Å². The molecule has 0 saturated heterocycles. The summed E-state index contributed by atoms with van der Waals surface area (Å²) in [5, 5.41) is 7.67. The summed E-state index contributed by atoms with van der Waals surface area (Å²) < 4.78 is 5.43. The summed E-state index contributed by atoms with van der Waals surface area (Å²) in [6.07, 6.45) is 2.28. The first-order valence-electron chi connectivity index (χ1n) is 10.1. The van der Waals surface area contributed by atoms with Crippen molar-refractivity contribution in [2.75, 3.05) is 5.32 Å². The summed E-state index contributed by atoms with van der Waals surface area (Å²) >= 11 is 0. The number of hydrogen-bond acceptors (Lipinski definition) is 3. The van der Waals surface area contributed by atoms with Gasteiger partial charge >= 0.3 is 0 Å². The molecule has 0 fully saturated rings. The Morgan fingerprint density at radius 1 is 1.14 bits per heavy atom. The van der Waals surface area contributed by atoms with Gasteiger partial charge in [-0.15, -0.1) is 0 Å². The maximum Gasteiger partial charge on any atom is 0.275 e. The van der Waals surface area contributed by atoms with Gasteiger partial charge < -0.3 is 5.32 Å². The fourth-order valence-corrected chi connectivity index (χ4v) is 4.32. The van der Waals surface area contributed by atoms with E-state index in [2.05, 4.69) is 17.3 Å². The second-order valence-corrected chi connectivity index (χ2v) is 7.70. The number of anilines is 1. The van der Waals surface area contributed by atoms with Crippen LogP contribution in [-0.4, -0.2) is 25.1 Å². The van der Waals surface area contributed by atoms with Gasteiger partial charge in [-0.3, -0.25) is 14.3 Å². The molecule has 0 bridgehead atoms. The van der Waals surface area contributed by atoms with Crippen molar-refractivity contribution in [3.63, 3.8) is 0 Å². The van der Waals surface area contributed by atoms with E-state index in [4.69, 9.17) is 0 Å². The van der Waals surface area contributed by atoms with Crippen molar-refractivity contribution >= 4 is 11.7 Å². The normalized spacial score (nSPS) is 16.0. The predicted octanol–water partition coefficient (Wildman–Crippen LogP) is 3.26. The van der Waals surface area contributed by atoms with Crippen molar-refractivity contribution in [2.24, 2.45) is 7.05 Å². The Balaban J connectivity index is 1.89. The molecule has 152 valence electrons. The Labute approximate surface area is 169 Å². The maximum absolute atomic E-state index is 13.5. The Morgan fingerprint density at radius 2 is 1.86 bits per heavy atom. The fourth-order valence-electron chi connectivity index (χ4n) is 4.32. The van der Waals surface area contributed by atoms with Gasteiger partial charge in [0.2, 0.25) is 5.91 Å². The number of hydrogen-bond donors (Lipinski definition) is 1. The maximum atomic E-state index is 13.5. The number of benzene rings is 1. The molecule has 1 unspecified atom stereocenters. The molecular weight excluding hydrogens is 366 g/mol. The van der Waals surface area contributed by atoms with E-state index < -0.39 is 0 Å². The summed E-state index contributed by atoms with van der Waals surface area (Å²) in [5.41, 5.74) is 4.10. The molecule has 2 aromatic heterocycles. The number of para-hydroxylation sites is 1. The topological polar surface area (TPSA) is 73.8 Å². The van der Waals surface area contributed by atoms with Gasteiger partial charge in [0, 0.05) is 42.8 Å². The van der Waals surface area contributed by atoms with Crippen LogP contribution in [0.2, 0.25) is 0 Å². The van der Waals surface area contributed by atoms with Crippen molar-refractivity contribution in [3.8, 4) is 5.69 Å². The molecule has 4 rings (SSSR count). The molecular formula is C22H27N5O2. The SMILES string of the molecule is CCCCn1nc(C)c2c1NC(=O)CC2c1c(C)n(C)n(-c2ccccc2)c1=O. The standard InChI is InChI=1S/C22H27N5O2/c1-5-6-12-26-21-19(14(2)24-26)17(13-18(28)23-21)20-15(3)25(4)27(22(20)29)16-10-8-7-9-11-16/h7-11,17H,5-6,12-13H2,1-4H3,(H,23,28). The Bertz CT molecular complexity index is 1120. The van der Waals surface area contributed by atoms with Crippen LogP contribution in [0.3, 0.4) is 0 Å². The number of rotatable bonds is 5. The third-order valence-corrected chi connectivity index (χ3v) is 5.84. The zero-order chi connectivity index (χ0) is 20.7. The van der Waals surface area contributed by atoms with Crippen molar-refractivity contribution in [2.45, 2.75) is 52.5 Å². The van der Waals surface area contributed by atoms with E-state index in [1.165, 1.54) is 0 Å². The van der Waals surface area contributed by atoms with Crippen molar-refractivity contribution in [1.82, 2.24) is 19.1 Å². The minimum absolute atomic E-state index is 0.0749. The summed E-state index contributed by atoms with van der Waals surface area (Å²) in [5.74, 6) is 0.373. The zero-order valence-corrected chi connectivity index (χ0v) is 17.4. The highest BCUT2D eigenvalue weighted by Crippen LogP contribution is 2.39. The van der Waals surface area contributed by atoms with E-state index in [9.17, 15) is 9.59 Å². The number of nitrogens with one attached hydrogen (secondary N) is 1. The van der Waals surface area contributed by atoms with Gasteiger partial charge in [-0.1, -0.05) is 31.5 Å². The number of aromatic nitrogens is 4. The predicted molar refractivity (Wildman–Crippen MR) is 113 cm³/mol. The average Bonchev–Trinajstić information content (AvgIpc) is 3.13. The number of carbonyl (C=O) groups excluding carboxylic acids is 1. The molecule has 29 heavy (non-hydrogen) atoms. The lowest BCUT2D eigenvalue weighted by atomic mass is 9.86. The van der Waals surface area contributed by atoms with Crippen LogP contribution in [0.15, 0.2) is 35.1 Å². The zero-order valence-electron chi connectivity index (χ0n) is 17.4. The van der Waals surface area contributed by atoms with Crippen LogP contribution in [0.5, 0.6) is 0 Å². The summed E-state index contributed by atoms with van der Waals surface area (Å²) in [6.45, 7) is 6.78. The minimum Gasteiger partial charge on any atom is -0.311 e. The van der Waals surface area contributed by atoms with Crippen molar-refractivity contribution in [1.29, 1.82) is 0 Å². The highest BCUT2D eigenvalue weighted by molar-refractivity contribution is 5.94. The monoisotopic (exact) mass is 393 g/mol. The Kier molecular flexibility index (Phi) is 4.90. The molecule has 0 spiro atoms. The Hall–Kier alpha value is -3.09. The lowest BCUT2D eigenvalue weighted by Crippen LogP contribution is -2.29. The first-order valence-corrected chi connectivity index (χ1v) is 10.1. The van der Waals surface area contributed by atoms with Gasteiger partial charge in [0.1, 0.15) is 5.82 Å². The van der Waals surface area contributed by atoms with E-state index in [0.717, 1.165) is 47.8 Å². The molecule has 1 N–H and O–H groups in total. The number of nitrogens with zero attached hydrogens (tertiary/aromatic N) is 4. The van der Waals surface area contributed by atoms with Crippen LogP contribution in [0.25, 0.3) is 5.69 Å². The van der Waals surface area contributed by atoms with Crippen LogP contribution < -0.4 is 10.9 Å². The largest absolute Gasteiger partial charge is 0.311 e. The molecule has 0 radical (unpaired) electrons. The van der Waals surface area contributed by atoms with Gasteiger partial charge in [0.25, 0.3) is 5.56 Å². The molecule has 1 atom stereocenters. The number of unbranched alkanes of at least 4 members (excludes halogenated alkanes) is 1. The summed E-state index contributed by atoms with van der Waals surface area (Å²) in [7, 11) is 1.88. The third kappa shape index (κ3) is 3.10. The molecule has 1 amide bonds. The molecule has 1 aliphatic rings. The highest BCUT2D eigenvalue weighted by atomic mass is 16.2.